The molecule has 0 heterocycles. The van der Waals surface area contributed by atoms with E-state index < -0.39 is 0 Å². The van der Waals surface area contributed by atoms with Crippen molar-refractivity contribution in [2.24, 2.45) is 0 Å². The van der Waals surface area contributed by atoms with Gasteiger partial charge in [0.25, 0.3) is 6.47 Å². The molecule has 0 aliphatic rings. The van der Waals surface area contributed by atoms with E-state index in [0.29, 0.717) is 19.0 Å². The predicted octanol–water partition coefficient (Wildman–Crippen LogP) is 3.14. The lowest BCUT2D eigenvalue weighted by atomic mass is 9.99. The molecule has 17 heavy (non-hydrogen) atoms. The Hall–Kier alpha value is -1.51. The number of hydrogen-bond acceptors (Lipinski definition) is 3. The van der Waals surface area contributed by atoms with Gasteiger partial charge in [-0.3, -0.25) is 4.79 Å². The average Bonchev–Trinajstić information content (AvgIpc) is 2.36. The molecule has 3 nitrogen and oxygen atoms in total. The Kier molecular flexibility index (Phi) is 5.53. The van der Waals surface area contributed by atoms with Crippen LogP contribution >= 0.6 is 0 Å². The third-order valence-electron chi connectivity index (χ3n) is 2.83. The van der Waals surface area contributed by atoms with Crippen molar-refractivity contribution in [2.75, 3.05) is 6.61 Å². The Balaban J connectivity index is 2.48. The van der Waals surface area contributed by atoms with Gasteiger partial charge in [-0.2, -0.15) is 0 Å². The zero-order valence-electron chi connectivity index (χ0n) is 10.7. The summed E-state index contributed by atoms with van der Waals surface area (Å²) in [6.07, 6.45) is 0.909. The molecule has 0 unspecified atom stereocenters. The van der Waals surface area contributed by atoms with E-state index in [9.17, 15) is 4.79 Å². The first kappa shape index (κ1) is 13.6. The zero-order valence-corrected chi connectivity index (χ0v) is 10.7. The second-order valence-corrected chi connectivity index (χ2v) is 4.23. The molecular weight excluding hydrogens is 216 g/mol. The number of carbonyl (C=O) groups excluding carboxylic acids is 1. The SMILES string of the molecule is CC[C@@H](C)c1ccc(OC[C@H](C)OC=O)cc1. The van der Waals surface area contributed by atoms with Gasteiger partial charge in [-0.1, -0.05) is 26.0 Å². The van der Waals surface area contributed by atoms with Crippen molar-refractivity contribution in [3.05, 3.63) is 29.8 Å². The summed E-state index contributed by atoms with van der Waals surface area (Å²) in [5.74, 6) is 1.37. The fourth-order valence-corrected chi connectivity index (χ4v) is 1.48. The standard InChI is InChI=1S/C14H20O3/c1-4-11(2)13-5-7-14(8-6-13)16-9-12(3)17-10-15/h5-8,10-12H,4,9H2,1-3H3/t11-,12+/m1/s1. The lowest BCUT2D eigenvalue weighted by Gasteiger charge is -2.13. The van der Waals surface area contributed by atoms with Gasteiger partial charge in [0, 0.05) is 0 Å². The van der Waals surface area contributed by atoms with E-state index in [-0.39, 0.29) is 6.10 Å². The van der Waals surface area contributed by atoms with Crippen LogP contribution in [0.15, 0.2) is 24.3 Å². The average molecular weight is 236 g/mol. The first-order chi connectivity index (χ1) is 8.17. The summed E-state index contributed by atoms with van der Waals surface area (Å²) in [6.45, 7) is 6.99. The van der Waals surface area contributed by atoms with Crippen molar-refractivity contribution in [1.82, 2.24) is 0 Å². The molecule has 1 aromatic carbocycles. The molecule has 0 aliphatic carbocycles. The van der Waals surface area contributed by atoms with Crippen LogP contribution in [-0.2, 0) is 9.53 Å². The summed E-state index contributed by atoms with van der Waals surface area (Å²) in [4.78, 5) is 10.1. The maximum atomic E-state index is 10.1. The molecule has 94 valence electrons. The molecule has 0 N–H and O–H groups in total. The van der Waals surface area contributed by atoms with Crippen LogP contribution in [0.25, 0.3) is 0 Å². The minimum Gasteiger partial charge on any atom is -0.490 e. The van der Waals surface area contributed by atoms with Crippen LogP contribution in [0, 0.1) is 0 Å². The summed E-state index contributed by atoms with van der Waals surface area (Å²) < 4.78 is 10.2. The highest BCUT2D eigenvalue weighted by molar-refractivity contribution is 5.37. The van der Waals surface area contributed by atoms with Gasteiger partial charge in [0.05, 0.1) is 0 Å². The van der Waals surface area contributed by atoms with E-state index in [4.69, 9.17) is 9.47 Å². The normalized spacial score (nSPS) is 13.8. The van der Waals surface area contributed by atoms with Gasteiger partial charge in [-0.15, -0.1) is 0 Å². The van der Waals surface area contributed by atoms with Crippen molar-refractivity contribution in [1.29, 1.82) is 0 Å². The van der Waals surface area contributed by atoms with E-state index in [1.54, 1.807) is 6.92 Å². The third kappa shape index (κ3) is 4.47. The van der Waals surface area contributed by atoms with Gasteiger partial charge in [-0.25, -0.2) is 0 Å². The molecule has 0 aliphatic heterocycles. The van der Waals surface area contributed by atoms with E-state index in [0.717, 1.165) is 12.2 Å². The van der Waals surface area contributed by atoms with E-state index >= 15 is 0 Å². The minimum absolute atomic E-state index is 0.221. The molecule has 0 aromatic heterocycles. The summed E-state index contributed by atoms with van der Waals surface area (Å²) in [5.41, 5.74) is 1.32. The Morgan fingerprint density at radius 3 is 2.41 bits per heavy atom. The van der Waals surface area contributed by atoms with Crippen LogP contribution in [-0.4, -0.2) is 19.2 Å². The third-order valence-corrected chi connectivity index (χ3v) is 2.83. The first-order valence-electron chi connectivity index (χ1n) is 5.99. The maximum Gasteiger partial charge on any atom is 0.293 e. The molecule has 3 heteroatoms. The summed E-state index contributed by atoms with van der Waals surface area (Å²) >= 11 is 0. The van der Waals surface area contributed by atoms with Crippen LogP contribution in [0.4, 0.5) is 0 Å². The lowest BCUT2D eigenvalue weighted by molar-refractivity contribution is -0.134. The molecule has 1 rings (SSSR count). The van der Waals surface area contributed by atoms with Gasteiger partial charge in [0.15, 0.2) is 0 Å². The smallest absolute Gasteiger partial charge is 0.293 e. The Morgan fingerprint density at radius 1 is 1.24 bits per heavy atom. The fourth-order valence-electron chi connectivity index (χ4n) is 1.48. The predicted molar refractivity (Wildman–Crippen MR) is 67.3 cm³/mol. The second-order valence-electron chi connectivity index (χ2n) is 4.23. The van der Waals surface area contributed by atoms with Crippen molar-refractivity contribution >= 4 is 6.47 Å². The van der Waals surface area contributed by atoms with Crippen LogP contribution in [0.2, 0.25) is 0 Å². The van der Waals surface area contributed by atoms with Crippen molar-refractivity contribution < 1.29 is 14.3 Å². The largest absolute Gasteiger partial charge is 0.490 e. The maximum absolute atomic E-state index is 10.1. The Labute approximate surface area is 103 Å². The highest BCUT2D eigenvalue weighted by Crippen LogP contribution is 2.21. The van der Waals surface area contributed by atoms with Crippen LogP contribution in [0.3, 0.4) is 0 Å². The second kappa shape index (κ2) is 6.94. The molecule has 1 aromatic rings. The van der Waals surface area contributed by atoms with Crippen molar-refractivity contribution in [3.8, 4) is 5.75 Å². The van der Waals surface area contributed by atoms with Crippen LogP contribution in [0.1, 0.15) is 38.7 Å². The highest BCUT2D eigenvalue weighted by atomic mass is 16.6. The lowest BCUT2D eigenvalue weighted by Crippen LogP contribution is -2.17. The molecule has 2 atom stereocenters. The quantitative estimate of drug-likeness (QED) is 0.682. The van der Waals surface area contributed by atoms with E-state index in [1.165, 1.54) is 5.56 Å². The zero-order chi connectivity index (χ0) is 12.7. The van der Waals surface area contributed by atoms with E-state index in [2.05, 4.69) is 26.0 Å². The van der Waals surface area contributed by atoms with Gasteiger partial charge in [0.1, 0.15) is 18.5 Å². The minimum atomic E-state index is -0.221. The van der Waals surface area contributed by atoms with E-state index in [1.807, 2.05) is 12.1 Å². The fraction of sp³-hybridized carbons (Fsp3) is 0.500. The Morgan fingerprint density at radius 2 is 1.88 bits per heavy atom. The molecule has 0 saturated heterocycles. The summed E-state index contributed by atoms with van der Waals surface area (Å²) in [6, 6.07) is 8.06. The molecular formula is C14H20O3. The summed E-state index contributed by atoms with van der Waals surface area (Å²) in [5, 5.41) is 0. The van der Waals surface area contributed by atoms with Crippen LogP contribution in [0.5, 0.6) is 5.75 Å². The number of benzene rings is 1. The number of ether oxygens (including phenoxy) is 2. The summed E-state index contributed by atoms with van der Waals surface area (Å²) in [7, 11) is 0. The van der Waals surface area contributed by atoms with Crippen molar-refractivity contribution in [2.45, 2.75) is 39.2 Å². The van der Waals surface area contributed by atoms with Gasteiger partial charge in [-0.05, 0) is 37.0 Å². The first-order valence-corrected chi connectivity index (χ1v) is 5.99. The van der Waals surface area contributed by atoms with Gasteiger partial charge < -0.3 is 9.47 Å². The number of rotatable bonds is 7. The van der Waals surface area contributed by atoms with Crippen molar-refractivity contribution in [3.63, 3.8) is 0 Å². The number of carbonyl (C=O) groups is 1. The molecule has 0 radical (unpaired) electrons. The molecule has 0 fully saturated rings. The number of hydrogen-bond donors (Lipinski definition) is 0. The monoisotopic (exact) mass is 236 g/mol. The van der Waals surface area contributed by atoms with Gasteiger partial charge >= 0.3 is 0 Å². The Bertz CT molecular complexity index is 332. The topological polar surface area (TPSA) is 35.5 Å². The molecule has 0 saturated carbocycles. The molecule has 0 bridgehead atoms. The van der Waals surface area contributed by atoms with Crippen LogP contribution < -0.4 is 4.74 Å². The molecule has 0 spiro atoms. The highest BCUT2D eigenvalue weighted by Gasteiger charge is 2.05. The van der Waals surface area contributed by atoms with Gasteiger partial charge in [0.2, 0.25) is 0 Å². The molecule has 0 amide bonds.